The van der Waals surface area contributed by atoms with Crippen molar-refractivity contribution in [2.45, 2.75) is 57.4 Å². The summed E-state index contributed by atoms with van der Waals surface area (Å²) in [5.41, 5.74) is 7.60. The Labute approximate surface area is 257 Å². The van der Waals surface area contributed by atoms with Crippen molar-refractivity contribution < 1.29 is 22.8 Å². The number of aromatic nitrogens is 1. The molecule has 1 aromatic heterocycles. The van der Waals surface area contributed by atoms with Crippen molar-refractivity contribution in [1.29, 1.82) is 0 Å². The molecule has 0 radical (unpaired) electrons. The maximum atomic E-state index is 13.5. The fourth-order valence-corrected chi connectivity index (χ4v) is 6.13. The summed E-state index contributed by atoms with van der Waals surface area (Å²) in [6.07, 6.45) is 0.617. The van der Waals surface area contributed by atoms with Crippen LogP contribution in [-0.2, 0) is 20.2 Å². The number of benzene rings is 2. The molecule has 232 valence electrons. The lowest BCUT2D eigenvalue weighted by Gasteiger charge is -2.23. The number of hydrogen-bond acceptors (Lipinski definition) is 8. The van der Waals surface area contributed by atoms with Crippen LogP contribution in [-0.4, -0.2) is 57.3 Å². The van der Waals surface area contributed by atoms with Crippen LogP contribution in [0, 0.1) is 5.92 Å². The summed E-state index contributed by atoms with van der Waals surface area (Å²) in [6.45, 7) is 10.1. The average Bonchev–Trinajstić information content (AvgIpc) is 3.42. The van der Waals surface area contributed by atoms with Gasteiger partial charge in [-0.2, -0.15) is 0 Å². The monoisotopic (exact) mass is 628 g/mol. The summed E-state index contributed by atoms with van der Waals surface area (Å²) in [6, 6.07) is 12.4. The van der Waals surface area contributed by atoms with Crippen LogP contribution in [0.15, 0.2) is 53.4 Å². The van der Waals surface area contributed by atoms with Gasteiger partial charge in [-0.3, -0.25) is 14.4 Å². The van der Waals surface area contributed by atoms with E-state index in [-0.39, 0.29) is 40.6 Å². The number of amides is 3. The zero-order valence-electron chi connectivity index (χ0n) is 25.3. The first-order valence-electron chi connectivity index (χ1n) is 14.0. The third-order valence-electron chi connectivity index (χ3n) is 7.02. The highest BCUT2D eigenvalue weighted by atomic mass is 32.2. The molecule has 0 aliphatic heterocycles. The van der Waals surface area contributed by atoms with Crippen LogP contribution in [0.1, 0.15) is 67.4 Å². The highest BCUT2D eigenvalue weighted by molar-refractivity contribution is 7.89. The standard InChI is InChI=1S/C30H40N6O5S2/c1-7-18(2)23(27(38)33-16-17-34-43(40,41)22-14-10-20(11-15-22)26(31)37)35-28(39)24-25(42-29(32-6)36-24)19-8-12-21(13-9-19)30(3,4)5/h8-15,18,23,34H,7,16-17H2,1-6H3,(H2,31,37)(H,32,36)(H,33,38)(H,35,39)/t18-,23-/m1/s1. The number of primary amides is 1. The Morgan fingerprint density at radius 2 is 1.63 bits per heavy atom. The molecular formula is C30H40N6O5S2. The molecule has 0 aliphatic carbocycles. The molecule has 0 unspecified atom stereocenters. The molecule has 2 aromatic carbocycles. The van der Waals surface area contributed by atoms with Crippen molar-refractivity contribution in [3.63, 3.8) is 0 Å². The van der Waals surface area contributed by atoms with Gasteiger partial charge in [0.2, 0.25) is 21.8 Å². The van der Waals surface area contributed by atoms with E-state index in [2.05, 4.69) is 46.4 Å². The topological polar surface area (TPSA) is 172 Å². The highest BCUT2D eigenvalue weighted by Crippen LogP contribution is 2.34. The summed E-state index contributed by atoms with van der Waals surface area (Å²) in [5, 5.41) is 9.13. The van der Waals surface area contributed by atoms with Crippen LogP contribution in [0.25, 0.3) is 10.4 Å². The molecule has 3 amide bonds. The van der Waals surface area contributed by atoms with E-state index in [9.17, 15) is 22.8 Å². The summed E-state index contributed by atoms with van der Waals surface area (Å²) in [5.74, 6) is -1.78. The van der Waals surface area contributed by atoms with E-state index in [4.69, 9.17) is 5.73 Å². The summed E-state index contributed by atoms with van der Waals surface area (Å²) >= 11 is 1.35. The summed E-state index contributed by atoms with van der Waals surface area (Å²) in [4.78, 5) is 43.1. The van der Waals surface area contributed by atoms with Crippen LogP contribution in [0.3, 0.4) is 0 Å². The van der Waals surface area contributed by atoms with E-state index in [1.165, 1.54) is 35.6 Å². The molecule has 0 saturated carbocycles. The summed E-state index contributed by atoms with van der Waals surface area (Å²) < 4.78 is 27.6. The Balaban J connectivity index is 1.69. The van der Waals surface area contributed by atoms with Crippen molar-refractivity contribution in [3.8, 4) is 10.4 Å². The van der Waals surface area contributed by atoms with Crippen LogP contribution < -0.4 is 26.4 Å². The Bertz CT molecular complexity index is 1550. The third kappa shape index (κ3) is 8.62. The maximum absolute atomic E-state index is 13.5. The Hall–Kier alpha value is -3.81. The molecule has 43 heavy (non-hydrogen) atoms. The van der Waals surface area contributed by atoms with Gasteiger partial charge in [0.1, 0.15) is 11.7 Å². The number of carbonyl (C=O) groups excluding carboxylic acids is 3. The molecule has 11 nitrogen and oxygen atoms in total. The first kappa shape index (κ1) is 33.7. The number of nitrogens with zero attached hydrogens (tertiary/aromatic N) is 1. The number of nitrogens with one attached hydrogen (secondary N) is 4. The van der Waals surface area contributed by atoms with Gasteiger partial charge in [-0.1, -0.05) is 76.6 Å². The normalized spacial score (nSPS) is 13.2. The van der Waals surface area contributed by atoms with Gasteiger partial charge in [-0.15, -0.1) is 0 Å². The van der Waals surface area contributed by atoms with Crippen LogP contribution >= 0.6 is 11.3 Å². The van der Waals surface area contributed by atoms with E-state index in [0.29, 0.717) is 16.4 Å². The summed E-state index contributed by atoms with van der Waals surface area (Å²) in [7, 11) is -2.15. The quantitative estimate of drug-likeness (QED) is 0.180. The maximum Gasteiger partial charge on any atom is 0.272 e. The van der Waals surface area contributed by atoms with E-state index in [1.807, 2.05) is 38.1 Å². The second kappa shape index (κ2) is 14.1. The molecule has 2 atom stereocenters. The van der Waals surface area contributed by atoms with Crippen molar-refractivity contribution in [2.24, 2.45) is 11.7 Å². The Morgan fingerprint density at radius 3 is 2.16 bits per heavy atom. The second-order valence-corrected chi connectivity index (χ2v) is 14.0. The number of sulfonamides is 1. The first-order chi connectivity index (χ1) is 20.2. The zero-order valence-corrected chi connectivity index (χ0v) is 26.9. The highest BCUT2D eigenvalue weighted by Gasteiger charge is 2.29. The van der Waals surface area contributed by atoms with Gasteiger partial charge >= 0.3 is 0 Å². The molecule has 13 heteroatoms. The van der Waals surface area contributed by atoms with E-state index in [0.717, 1.165) is 11.1 Å². The molecule has 0 bridgehead atoms. The van der Waals surface area contributed by atoms with Gasteiger partial charge in [0.15, 0.2) is 5.13 Å². The molecule has 0 aliphatic rings. The number of carbonyl (C=O) groups is 3. The second-order valence-electron chi connectivity index (χ2n) is 11.2. The van der Waals surface area contributed by atoms with Gasteiger partial charge in [0.25, 0.3) is 5.91 Å². The average molecular weight is 629 g/mol. The number of anilines is 1. The predicted molar refractivity (Wildman–Crippen MR) is 170 cm³/mol. The van der Waals surface area contributed by atoms with E-state index >= 15 is 0 Å². The van der Waals surface area contributed by atoms with Crippen molar-refractivity contribution >= 4 is 44.2 Å². The minimum absolute atomic E-state index is 0.00772. The van der Waals surface area contributed by atoms with Gasteiger partial charge in [-0.25, -0.2) is 18.1 Å². The Kier molecular flexibility index (Phi) is 11.1. The fourth-order valence-electron chi connectivity index (χ4n) is 4.17. The zero-order chi connectivity index (χ0) is 31.9. The first-order valence-corrected chi connectivity index (χ1v) is 16.3. The van der Waals surface area contributed by atoms with Crippen molar-refractivity contribution in [3.05, 3.63) is 65.4 Å². The Morgan fingerprint density at radius 1 is 1.00 bits per heavy atom. The lowest BCUT2D eigenvalue weighted by atomic mass is 9.86. The van der Waals surface area contributed by atoms with E-state index in [1.54, 1.807) is 7.05 Å². The minimum atomic E-state index is -3.88. The van der Waals surface area contributed by atoms with Crippen LogP contribution in [0.5, 0.6) is 0 Å². The largest absolute Gasteiger partial charge is 0.366 e. The lowest BCUT2D eigenvalue weighted by Crippen LogP contribution is -2.51. The number of rotatable bonds is 13. The SMILES string of the molecule is CC[C@@H](C)[C@@H](NC(=O)c1nc(NC)sc1-c1ccc(C(C)(C)C)cc1)C(=O)NCCNS(=O)(=O)c1ccc(C(N)=O)cc1. The van der Waals surface area contributed by atoms with Gasteiger partial charge in [-0.05, 0) is 46.7 Å². The van der Waals surface area contributed by atoms with Gasteiger partial charge < -0.3 is 21.7 Å². The molecule has 0 saturated heterocycles. The van der Waals surface area contributed by atoms with Crippen molar-refractivity contribution in [2.75, 3.05) is 25.5 Å². The number of nitrogens with two attached hydrogens (primary N) is 1. The minimum Gasteiger partial charge on any atom is -0.366 e. The number of hydrogen-bond donors (Lipinski definition) is 5. The van der Waals surface area contributed by atoms with Crippen LogP contribution in [0.4, 0.5) is 5.13 Å². The molecule has 6 N–H and O–H groups in total. The fraction of sp³-hybridized carbons (Fsp3) is 0.400. The molecule has 3 aromatic rings. The van der Waals surface area contributed by atoms with Crippen LogP contribution in [0.2, 0.25) is 0 Å². The van der Waals surface area contributed by atoms with Gasteiger partial charge in [0.05, 0.1) is 9.77 Å². The molecule has 0 fully saturated rings. The lowest BCUT2D eigenvalue weighted by molar-refractivity contribution is -0.124. The molecule has 3 rings (SSSR count). The smallest absolute Gasteiger partial charge is 0.272 e. The molecular weight excluding hydrogens is 589 g/mol. The van der Waals surface area contributed by atoms with E-state index < -0.39 is 33.8 Å². The third-order valence-corrected chi connectivity index (χ3v) is 9.62. The predicted octanol–water partition coefficient (Wildman–Crippen LogP) is 3.49. The molecule has 0 spiro atoms. The van der Waals surface area contributed by atoms with Crippen molar-refractivity contribution in [1.82, 2.24) is 20.3 Å². The number of thiazole rings is 1. The van der Waals surface area contributed by atoms with Gasteiger partial charge in [0, 0.05) is 25.7 Å². The molecule has 1 heterocycles.